The highest BCUT2D eigenvalue weighted by Crippen LogP contribution is 2.28. The predicted octanol–water partition coefficient (Wildman–Crippen LogP) is 2.97. The van der Waals surface area contributed by atoms with Crippen LogP contribution in [-0.2, 0) is 0 Å². The molecule has 102 valence electrons. The summed E-state index contributed by atoms with van der Waals surface area (Å²) < 4.78 is 40.6. The fourth-order valence-corrected chi connectivity index (χ4v) is 2.05. The molecule has 1 aromatic carbocycles. The van der Waals surface area contributed by atoms with Crippen LogP contribution in [0.25, 0.3) is 21.7 Å². The minimum atomic E-state index is -4.76. The Morgan fingerprint density at radius 1 is 1.10 bits per heavy atom. The van der Waals surface area contributed by atoms with Crippen molar-refractivity contribution in [1.29, 1.82) is 0 Å². The van der Waals surface area contributed by atoms with Gasteiger partial charge < -0.3 is 9.72 Å². The molecule has 1 N–H and O–H groups in total. The molecular formula is C13H7F3N2O2. The minimum Gasteiger partial charge on any atom is -0.406 e. The lowest BCUT2D eigenvalue weighted by molar-refractivity contribution is -0.274. The number of hydrogen-bond donors (Lipinski definition) is 1. The van der Waals surface area contributed by atoms with Crippen molar-refractivity contribution >= 4 is 21.7 Å². The van der Waals surface area contributed by atoms with Gasteiger partial charge in [0.2, 0.25) is 0 Å². The first-order chi connectivity index (χ1) is 9.44. The zero-order valence-corrected chi connectivity index (χ0v) is 9.86. The van der Waals surface area contributed by atoms with Crippen LogP contribution in [-0.4, -0.2) is 16.3 Å². The Morgan fingerprint density at radius 3 is 2.65 bits per heavy atom. The summed E-state index contributed by atoms with van der Waals surface area (Å²) in [5.74, 6) is -0.345. The number of aromatic nitrogens is 2. The number of fused-ring (bicyclic) bond motifs is 3. The summed E-state index contributed by atoms with van der Waals surface area (Å²) in [6.45, 7) is 0. The van der Waals surface area contributed by atoms with Crippen LogP contribution >= 0.6 is 0 Å². The van der Waals surface area contributed by atoms with E-state index in [1.54, 1.807) is 0 Å². The van der Waals surface area contributed by atoms with E-state index >= 15 is 0 Å². The molecule has 0 atom stereocenters. The third-order valence-corrected chi connectivity index (χ3v) is 2.83. The molecule has 0 amide bonds. The van der Waals surface area contributed by atoms with Gasteiger partial charge in [-0.3, -0.25) is 9.78 Å². The van der Waals surface area contributed by atoms with E-state index < -0.39 is 6.36 Å². The molecule has 2 aromatic heterocycles. The summed E-state index contributed by atoms with van der Waals surface area (Å²) in [4.78, 5) is 18.3. The highest BCUT2D eigenvalue weighted by molar-refractivity contribution is 6.05. The molecule has 0 saturated heterocycles. The van der Waals surface area contributed by atoms with Gasteiger partial charge in [0.25, 0.3) is 5.56 Å². The Morgan fingerprint density at radius 2 is 1.90 bits per heavy atom. The van der Waals surface area contributed by atoms with E-state index in [2.05, 4.69) is 14.7 Å². The Bertz CT molecular complexity index is 855. The average molecular weight is 280 g/mol. The molecule has 0 saturated carbocycles. The normalized spacial score (nSPS) is 11.9. The van der Waals surface area contributed by atoms with Crippen LogP contribution in [0.1, 0.15) is 0 Å². The summed E-state index contributed by atoms with van der Waals surface area (Å²) >= 11 is 0. The molecule has 0 bridgehead atoms. The van der Waals surface area contributed by atoms with Gasteiger partial charge in [0, 0.05) is 28.7 Å². The second-order valence-electron chi connectivity index (χ2n) is 4.13. The number of pyridine rings is 2. The van der Waals surface area contributed by atoms with E-state index in [1.165, 1.54) is 30.6 Å². The van der Waals surface area contributed by atoms with E-state index in [0.29, 0.717) is 21.7 Å². The standard InChI is InChI=1S/C13H7F3N2O2/c14-13(15,16)20-7-1-2-11-9(5-7)10-6-17-4-3-8(10)12(19)18-11/h1-6H,(H,18,19). The number of H-pyrrole nitrogens is 1. The van der Waals surface area contributed by atoms with Crippen LogP contribution in [0.2, 0.25) is 0 Å². The van der Waals surface area contributed by atoms with Crippen molar-refractivity contribution in [1.82, 2.24) is 9.97 Å². The zero-order valence-electron chi connectivity index (χ0n) is 9.86. The summed E-state index contributed by atoms with van der Waals surface area (Å²) in [6, 6.07) is 5.24. The number of nitrogens with one attached hydrogen (secondary N) is 1. The van der Waals surface area contributed by atoms with Crippen LogP contribution in [0.15, 0.2) is 41.5 Å². The molecule has 7 heteroatoms. The van der Waals surface area contributed by atoms with Crippen LogP contribution in [0.5, 0.6) is 5.75 Å². The highest BCUT2D eigenvalue weighted by Gasteiger charge is 2.31. The van der Waals surface area contributed by atoms with E-state index in [1.807, 2.05) is 0 Å². The van der Waals surface area contributed by atoms with Crippen LogP contribution in [0.4, 0.5) is 13.2 Å². The van der Waals surface area contributed by atoms with Gasteiger partial charge in [0.15, 0.2) is 0 Å². The number of hydrogen-bond acceptors (Lipinski definition) is 3. The van der Waals surface area contributed by atoms with E-state index in [9.17, 15) is 18.0 Å². The Kier molecular flexibility index (Phi) is 2.63. The molecular weight excluding hydrogens is 273 g/mol. The smallest absolute Gasteiger partial charge is 0.406 e. The van der Waals surface area contributed by atoms with Crippen molar-refractivity contribution in [3.8, 4) is 5.75 Å². The van der Waals surface area contributed by atoms with Gasteiger partial charge in [0.1, 0.15) is 5.75 Å². The van der Waals surface area contributed by atoms with Gasteiger partial charge in [-0.05, 0) is 24.3 Å². The molecule has 2 heterocycles. The maximum Gasteiger partial charge on any atom is 0.573 e. The van der Waals surface area contributed by atoms with Crippen molar-refractivity contribution in [2.24, 2.45) is 0 Å². The van der Waals surface area contributed by atoms with Gasteiger partial charge >= 0.3 is 6.36 Å². The Balaban J connectivity index is 2.30. The third-order valence-electron chi connectivity index (χ3n) is 2.83. The quantitative estimate of drug-likeness (QED) is 0.697. The second-order valence-corrected chi connectivity index (χ2v) is 4.13. The first-order valence-corrected chi connectivity index (χ1v) is 5.59. The van der Waals surface area contributed by atoms with E-state index in [4.69, 9.17) is 0 Å². The maximum atomic E-state index is 12.2. The molecule has 0 unspecified atom stereocenters. The minimum absolute atomic E-state index is 0.320. The number of ether oxygens (including phenoxy) is 1. The van der Waals surface area contributed by atoms with Crippen LogP contribution in [0, 0.1) is 0 Å². The summed E-state index contributed by atoms with van der Waals surface area (Å²) in [5.41, 5.74) is 0.101. The van der Waals surface area contributed by atoms with Crippen LogP contribution < -0.4 is 10.3 Å². The van der Waals surface area contributed by atoms with Gasteiger partial charge in [-0.15, -0.1) is 13.2 Å². The second kappa shape index (κ2) is 4.22. The molecule has 0 aliphatic rings. The largest absolute Gasteiger partial charge is 0.573 e. The molecule has 3 aromatic rings. The maximum absolute atomic E-state index is 12.2. The van der Waals surface area contributed by atoms with Crippen LogP contribution in [0.3, 0.4) is 0 Å². The molecule has 4 nitrogen and oxygen atoms in total. The van der Waals surface area contributed by atoms with Crippen molar-refractivity contribution in [2.45, 2.75) is 6.36 Å². The number of halogens is 3. The van der Waals surface area contributed by atoms with Gasteiger partial charge in [0.05, 0.1) is 5.39 Å². The molecule has 0 aliphatic carbocycles. The van der Waals surface area contributed by atoms with Gasteiger partial charge in [-0.25, -0.2) is 0 Å². The molecule has 0 radical (unpaired) electrons. The third kappa shape index (κ3) is 2.18. The number of nitrogens with zero attached hydrogens (tertiary/aromatic N) is 1. The number of aromatic amines is 1. The monoisotopic (exact) mass is 280 g/mol. The fourth-order valence-electron chi connectivity index (χ4n) is 2.05. The van der Waals surface area contributed by atoms with E-state index in [-0.39, 0.29) is 11.3 Å². The Hall–Kier alpha value is -2.57. The number of alkyl halides is 3. The average Bonchev–Trinajstić information content (AvgIpc) is 2.38. The fraction of sp³-hybridized carbons (Fsp3) is 0.0769. The summed E-state index contributed by atoms with van der Waals surface area (Å²) in [5, 5.41) is 1.27. The molecule has 20 heavy (non-hydrogen) atoms. The molecule has 3 rings (SSSR count). The van der Waals surface area contributed by atoms with Gasteiger partial charge in [-0.1, -0.05) is 0 Å². The first kappa shape index (κ1) is 12.5. The highest BCUT2D eigenvalue weighted by atomic mass is 19.4. The molecule has 0 aliphatic heterocycles. The van der Waals surface area contributed by atoms with Crippen molar-refractivity contribution < 1.29 is 17.9 Å². The molecule has 0 spiro atoms. The zero-order chi connectivity index (χ0) is 14.3. The predicted molar refractivity (Wildman–Crippen MR) is 66.6 cm³/mol. The Labute approximate surface area is 109 Å². The SMILES string of the molecule is O=c1[nH]c2ccc(OC(F)(F)F)cc2c2cnccc12. The van der Waals surface area contributed by atoms with Crippen molar-refractivity contribution in [3.05, 3.63) is 47.0 Å². The first-order valence-electron chi connectivity index (χ1n) is 5.59. The van der Waals surface area contributed by atoms with Crippen molar-refractivity contribution in [3.63, 3.8) is 0 Å². The van der Waals surface area contributed by atoms with Gasteiger partial charge in [-0.2, -0.15) is 0 Å². The lowest BCUT2D eigenvalue weighted by atomic mass is 10.1. The lowest BCUT2D eigenvalue weighted by Crippen LogP contribution is -2.17. The summed E-state index contributed by atoms with van der Waals surface area (Å²) in [6.07, 6.45) is -1.88. The number of rotatable bonds is 1. The number of benzene rings is 1. The topological polar surface area (TPSA) is 55.0 Å². The van der Waals surface area contributed by atoms with Crippen molar-refractivity contribution in [2.75, 3.05) is 0 Å². The van der Waals surface area contributed by atoms with E-state index in [0.717, 1.165) is 6.07 Å². The molecule has 0 fully saturated rings. The summed E-state index contributed by atoms with van der Waals surface area (Å²) in [7, 11) is 0. The lowest BCUT2D eigenvalue weighted by Gasteiger charge is -2.10.